The smallest absolute Gasteiger partial charge is 0.325 e. The minimum atomic E-state index is -0.931. The van der Waals surface area contributed by atoms with E-state index in [4.69, 9.17) is 4.74 Å². The third-order valence-electron chi connectivity index (χ3n) is 6.03. The Bertz CT molecular complexity index is 1890. The number of benzene rings is 2. The van der Waals surface area contributed by atoms with E-state index in [1.165, 1.54) is 36.4 Å². The van der Waals surface area contributed by atoms with E-state index in [0.29, 0.717) is 9.80 Å². The van der Waals surface area contributed by atoms with Crippen LogP contribution in [0.5, 0.6) is 11.5 Å². The highest BCUT2D eigenvalue weighted by molar-refractivity contribution is 6.35. The molecule has 2 aromatic carbocycles. The van der Waals surface area contributed by atoms with Gasteiger partial charge in [-0.15, -0.1) is 0 Å². The maximum absolute atomic E-state index is 13.0. The molecule has 0 bridgehead atoms. The summed E-state index contributed by atoms with van der Waals surface area (Å²) in [5.41, 5.74) is -4.35. The summed E-state index contributed by atoms with van der Waals surface area (Å²) in [4.78, 5) is 108. The maximum atomic E-state index is 13.0. The van der Waals surface area contributed by atoms with Crippen molar-refractivity contribution in [1.29, 1.82) is 0 Å². The second-order valence-corrected chi connectivity index (χ2v) is 8.32. The quantitative estimate of drug-likeness (QED) is 0.258. The van der Waals surface area contributed by atoms with Gasteiger partial charge in [0.25, 0.3) is 34.7 Å². The lowest BCUT2D eigenvalue weighted by Gasteiger charge is -2.11. The number of carbonyl (C=O) groups is 4. The molecule has 192 valence electrons. The largest absolute Gasteiger partial charge is 0.457 e. The Kier molecular flexibility index (Phi) is 4.90. The molecule has 0 saturated heterocycles. The van der Waals surface area contributed by atoms with Gasteiger partial charge in [-0.2, -0.15) is 0 Å². The Hall–Kier alpha value is -6.12. The summed E-state index contributed by atoms with van der Waals surface area (Å²) in [6, 6.07) is 7.94. The van der Waals surface area contributed by atoms with Crippen molar-refractivity contribution in [2.24, 2.45) is 0 Å². The van der Waals surface area contributed by atoms with Crippen molar-refractivity contribution in [3.05, 3.63) is 113 Å². The Morgan fingerprint density at radius 1 is 0.513 bits per heavy atom. The van der Waals surface area contributed by atoms with Crippen molar-refractivity contribution < 1.29 is 23.9 Å². The monoisotopic (exact) mass is 528 g/mol. The third kappa shape index (κ3) is 3.52. The molecule has 39 heavy (non-hydrogen) atoms. The predicted octanol–water partition coefficient (Wildman–Crippen LogP) is -0.167. The number of nitrogens with one attached hydrogen (secondary N) is 4. The van der Waals surface area contributed by atoms with Crippen LogP contribution >= 0.6 is 0 Å². The Morgan fingerprint density at radius 3 is 1.28 bits per heavy atom. The molecule has 15 nitrogen and oxygen atoms in total. The van der Waals surface area contributed by atoms with Crippen molar-refractivity contribution >= 4 is 35.0 Å². The van der Waals surface area contributed by atoms with Crippen LogP contribution in [0.3, 0.4) is 0 Å². The molecule has 4 amide bonds. The lowest BCUT2D eigenvalue weighted by Crippen LogP contribution is -2.36. The van der Waals surface area contributed by atoms with Gasteiger partial charge in [-0.3, -0.25) is 38.7 Å². The van der Waals surface area contributed by atoms with Crippen LogP contribution in [-0.2, 0) is 0 Å². The summed E-state index contributed by atoms with van der Waals surface area (Å²) in [7, 11) is 0. The first-order valence-corrected chi connectivity index (χ1v) is 11.0. The Labute approximate surface area is 213 Å². The highest BCUT2D eigenvalue weighted by Gasteiger charge is 2.40. The van der Waals surface area contributed by atoms with E-state index in [2.05, 4.69) is 9.97 Å². The summed E-state index contributed by atoms with van der Waals surface area (Å²) >= 11 is 0. The van der Waals surface area contributed by atoms with Crippen LogP contribution in [0, 0.1) is 0 Å². The van der Waals surface area contributed by atoms with Crippen LogP contribution in [0.15, 0.2) is 68.0 Å². The molecule has 0 radical (unpaired) electrons. The number of aromatic nitrogens is 4. The summed E-state index contributed by atoms with van der Waals surface area (Å²) < 4.78 is 5.76. The third-order valence-corrected chi connectivity index (χ3v) is 6.03. The number of fused-ring (bicyclic) bond motifs is 2. The molecule has 0 atom stereocenters. The normalized spacial score (nSPS) is 14.2. The van der Waals surface area contributed by atoms with Gasteiger partial charge in [0.15, 0.2) is 0 Å². The molecule has 15 heteroatoms. The molecular weight excluding hydrogens is 516 g/mol. The molecular formula is C24H12N6O9. The molecule has 4 aromatic rings. The van der Waals surface area contributed by atoms with Gasteiger partial charge in [-0.25, -0.2) is 19.4 Å². The molecule has 0 unspecified atom stereocenters. The first-order chi connectivity index (χ1) is 18.6. The average Bonchev–Trinajstić information content (AvgIpc) is 3.28. The number of imide groups is 2. The fourth-order valence-corrected chi connectivity index (χ4v) is 4.28. The van der Waals surface area contributed by atoms with E-state index in [0.717, 1.165) is 12.4 Å². The molecule has 4 N–H and O–H groups in total. The summed E-state index contributed by atoms with van der Waals surface area (Å²) in [5.74, 6) is -3.02. The SMILES string of the molecule is O=C1c2ccc(Oc3ccc4c(c3)C(=O)N(c3c[nH]c(=O)[nH]c3=O)C4=O)cc2C(=O)N1c1c[nH]c(=O)[nH]c1=O. The number of ether oxygens (including phenoxy) is 1. The van der Waals surface area contributed by atoms with Gasteiger partial charge < -0.3 is 14.7 Å². The van der Waals surface area contributed by atoms with Crippen molar-refractivity contribution in [3.8, 4) is 11.5 Å². The molecule has 6 rings (SSSR count). The van der Waals surface area contributed by atoms with Crippen molar-refractivity contribution in [2.75, 3.05) is 9.80 Å². The van der Waals surface area contributed by atoms with E-state index in [1.54, 1.807) is 0 Å². The molecule has 0 aliphatic carbocycles. The van der Waals surface area contributed by atoms with Gasteiger partial charge in [-0.1, -0.05) is 0 Å². The van der Waals surface area contributed by atoms with Crippen LogP contribution in [0.1, 0.15) is 41.4 Å². The molecule has 0 spiro atoms. The summed E-state index contributed by atoms with van der Waals surface area (Å²) in [6.07, 6.45) is 1.90. The van der Waals surface area contributed by atoms with E-state index in [1.807, 2.05) is 9.97 Å². The van der Waals surface area contributed by atoms with Crippen LogP contribution in [0.25, 0.3) is 0 Å². The number of hydrogen-bond donors (Lipinski definition) is 4. The minimum absolute atomic E-state index is 0.00514. The molecule has 2 aliphatic heterocycles. The second-order valence-electron chi connectivity index (χ2n) is 8.32. The highest BCUT2D eigenvalue weighted by Crippen LogP contribution is 2.33. The number of H-pyrrole nitrogens is 4. The first-order valence-electron chi connectivity index (χ1n) is 11.0. The van der Waals surface area contributed by atoms with E-state index >= 15 is 0 Å². The standard InChI is InChI=1S/C24H12N6O9/c31-17-15(7-25-23(37)27-17)29-19(33)11-3-1-9(5-13(11)21(29)35)39-10-2-4-12-14(6-10)22(36)30(20(12)34)16-8-26-24(38)28-18(16)32/h1-8H,(H2,25,27,31,37)(H2,26,28,32,38). The molecule has 4 heterocycles. The summed E-state index contributed by atoms with van der Waals surface area (Å²) in [5, 5.41) is 0. The van der Waals surface area contributed by atoms with Gasteiger partial charge in [0.05, 0.1) is 22.3 Å². The lowest BCUT2D eigenvalue weighted by molar-refractivity contribution is 0.0909. The van der Waals surface area contributed by atoms with Gasteiger partial charge >= 0.3 is 11.4 Å². The number of amides is 4. The zero-order chi connectivity index (χ0) is 27.6. The maximum Gasteiger partial charge on any atom is 0.325 e. The van der Waals surface area contributed by atoms with E-state index in [9.17, 15) is 38.4 Å². The number of rotatable bonds is 4. The number of nitrogens with zero attached hydrogens (tertiary/aromatic N) is 2. The Morgan fingerprint density at radius 2 is 0.897 bits per heavy atom. The van der Waals surface area contributed by atoms with Gasteiger partial charge in [0.2, 0.25) is 0 Å². The Balaban J connectivity index is 1.30. The number of hydrogen-bond acceptors (Lipinski definition) is 9. The molecule has 0 saturated carbocycles. The summed E-state index contributed by atoms with van der Waals surface area (Å²) in [6.45, 7) is 0. The van der Waals surface area contributed by atoms with Crippen LogP contribution in [0.2, 0.25) is 0 Å². The number of aromatic amines is 4. The average molecular weight is 528 g/mol. The molecule has 2 aromatic heterocycles. The zero-order valence-corrected chi connectivity index (χ0v) is 19.2. The van der Waals surface area contributed by atoms with Gasteiger partial charge in [0.1, 0.15) is 22.9 Å². The van der Waals surface area contributed by atoms with Crippen LogP contribution in [0.4, 0.5) is 11.4 Å². The minimum Gasteiger partial charge on any atom is -0.457 e. The van der Waals surface area contributed by atoms with Crippen molar-refractivity contribution in [1.82, 2.24) is 19.9 Å². The highest BCUT2D eigenvalue weighted by atomic mass is 16.5. The topological polar surface area (TPSA) is 215 Å². The number of anilines is 2. The van der Waals surface area contributed by atoms with E-state index < -0.39 is 46.1 Å². The molecule has 2 aliphatic rings. The zero-order valence-electron chi connectivity index (χ0n) is 19.2. The second kappa shape index (κ2) is 8.20. The lowest BCUT2D eigenvalue weighted by atomic mass is 10.1. The number of carbonyl (C=O) groups excluding carboxylic acids is 4. The van der Waals surface area contributed by atoms with Crippen LogP contribution < -0.4 is 37.0 Å². The van der Waals surface area contributed by atoms with Gasteiger partial charge in [0, 0.05) is 12.4 Å². The molecule has 0 fully saturated rings. The van der Waals surface area contributed by atoms with Gasteiger partial charge in [-0.05, 0) is 36.4 Å². The fraction of sp³-hybridized carbons (Fsp3) is 0. The van der Waals surface area contributed by atoms with E-state index in [-0.39, 0.29) is 45.1 Å². The van der Waals surface area contributed by atoms with Crippen molar-refractivity contribution in [2.45, 2.75) is 0 Å². The first kappa shape index (κ1) is 23.3. The predicted molar refractivity (Wildman–Crippen MR) is 131 cm³/mol. The fourth-order valence-electron chi connectivity index (χ4n) is 4.28. The van der Waals surface area contributed by atoms with Crippen molar-refractivity contribution in [3.63, 3.8) is 0 Å². The van der Waals surface area contributed by atoms with Crippen LogP contribution in [-0.4, -0.2) is 43.6 Å².